The summed E-state index contributed by atoms with van der Waals surface area (Å²) in [5.74, 6) is 0. The lowest BCUT2D eigenvalue weighted by molar-refractivity contribution is 0.220. The maximum atomic E-state index is 10.2. The Balaban J connectivity index is 2.32. The van der Waals surface area contributed by atoms with E-state index in [1.165, 1.54) is 0 Å². The molecule has 3 nitrogen and oxygen atoms in total. The fourth-order valence-corrected chi connectivity index (χ4v) is 1.71. The zero-order chi connectivity index (χ0) is 13.0. The highest BCUT2D eigenvalue weighted by molar-refractivity contribution is 5.39. The van der Waals surface area contributed by atoms with Crippen LogP contribution in [0.25, 0.3) is 0 Å². The molecule has 18 heavy (non-hydrogen) atoms. The van der Waals surface area contributed by atoms with Crippen molar-refractivity contribution in [3.8, 4) is 12.1 Å². The lowest BCUT2D eigenvalue weighted by Crippen LogP contribution is -1.99. The lowest BCUT2D eigenvalue weighted by atomic mass is 9.99. The Morgan fingerprint density at radius 1 is 0.833 bits per heavy atom. The summed E-state index contributed by atoms with van der Waals surface area (Å²) < 4.78 is 0. The van der Waals surface area contributed by atoms with Crippen LogP contribution in [0.1, 0.15) is 28.4 Å². The largest absolute Gasteiger partial charge is 0.384 e. The van der Waals surface area contributed by atoms with Crippen LogP contribution in [0.2, 0.25) is 0 Å². The second kappa shape index (κ2) is 5.14. The van der Waals surface area contributed by atoms with Gasteiger partial charge in [0.2, 0.25) is 0 Å². The van der Waals surface area contributed by atoms with Crippen LogP contribution in [0.4, 0.5) is 0 Å². The van der Waals surface area contributed by atoms with Crippen LogP contribution in [0.3, 0.4) is 0 Å². The van der Waals surface area contributed by atoms with E-state index in [1.807, 2.05) is 12.1 Å². The van der Waals surface area contributed by atoms with Crippen LogP contribution >= 0.6 is 0 Å². The standard InChI is InChI=1S/C15H10N2O/c16-9-11-4-6-13(7-5-11)15(18)14-3-1-2-12(8-14)10-17/h1-8,15,18H/t15-/m0/s1. The summed E-state index contributed by atoms with van der Waals surface area (Å²) in [6.45, 7) is 0. The first-order valence-electron chi connectivity index (χ1n) is 5.43. The molecule has 0 fully saturated rings. The van der Waals surface area contributed by atoms with Gasteiger partial charge in [0.15, 0.2) is 0 Å². The fourth-order valence-electron chi connectivity index (χ4n) is 1.71. The van der Waals surface area contributed by atoms with Crippen molar-refractivity contribution in [2.75, 3.05) is 0 Å². The number of hydrogen-bond donors (Lipinski definition) is 1. The Kier molecular flexibility index (Phi) is 3.38. The maximum Gasteiger partial charge on any atom is 0.104 e. The first-order chi connectivity index (χ1) is 8.74. The minimum absolute atomic E-state index is 0.514. The van der Waals surface area contributed by atoms with Gasteiger partial charge in [-0.3, -0.25) is 0 Å². The highest BCUT2D eigenvalue weighted by atomic mass is 16.3. The second-order valence-electron chi connectivity index (χ2n) is 3.87. The molecule has 0 aliphatic rings. The smallest absolute Gasteiger partial charge is 0.104 e. The third-order valence-corrected chi connectivity index (χ3v) is 2.69. The van der Waals surface area contributed by atoms with Gasteiger partial charge in [-0.15, -0.1) is 0 Å². The third-order valence-electron chi connectivity index (χ3n) is 2.69. The number of benzene rings is 2. The van der Waals surface area contributed by atoms with Crippen molar-refractivity contribution in [3.05, 3.63) is 70.8 Å². The summed E-state index contributed by atoms with van der Waals surface area (Å²) in [5.41, 5.74) is 2.43. The Bertz CT molecular complexity index is 633. The van der Waals surface area contributed by atoms with E-state index in [9.17, 15) is 5.11 Å². The van der Waals surface area contributed by atoms with Gasteiger partial charge in [-0.05, 0) is 35.4 Å². The number of aliphatic hydroxyl groups excluding tert-OH is 1. The highest BCUT2D eigenvalue weighted by Gasteiger charge is 2.10. The lowest BCUT2D eigenvalue weighted by Gasteiger charge is -2.11. The van der Waals surface area contributed by atoms with Gasteiger partial charge < -0.3 is 5.11 Å². The summed E-state index contributed by atoms with van der Waals surface area (Å²) in [6.07, 6.45) is -0.786. The topological polar surface area (TPSA) is 67.8 Å². The molecule has 0 saturated carbocycles. The van der Waals surface area contributed by atoms with Gasteiger partial charge >= 0.3 is 0 Å². The van der Waals surface area contributed by atoms with E-state index in [-0.39, 0.29) is 0 Å². The molecule has 0 aromatic heterocycles. The number of nitriles is 2. The van der Waals surface area contributed by atoms with Crippen LogP contribution < -0.4 is 0 Å². The molecule has 0 amide bonds. The van der Waals surface area contributed by atoms with Crippen molar-refractivity contribution in [2.24, 2.45) is 0 Å². The van der Waals surface area contributed by atoms with Gasteiger partial charge in [0.25, 0.3) is 0 Å². The van der Waals surface area contributed by atoms with Crippen LogP contribution in [0, 0.1) is 22.7 Å². The van der Waals surface area contributed by atoms with Gasteiger partial charge in [-0.2, -0.15) is 10.5 Å². The highest BCUT2D eigenvalue weighted by Crippen LogP contribution is 2.22. The van der Waals surface area contributed by atoms with Crippen molar-refractivity contribution < 1.29 is 5.11 Å². The Morgan fingerprint density at radius 2 is 1.50 bits per heavy atom. The van der Waals surface area contributed by atoms with Crippen LogP contribution in [-0.2, 0) is 0 Å². The Hall–Kier alpha value is -2.62. The van der Waals surface area contributed by atoms with E-state index in [2.05, 4.69) is 0 Å². The molecule has 86 valence electrons. The third kappa shape index (κ3) is 2.38. The molecule has 0 unspecified atom stereocenters. The number of nitrogens with zero attached hydrogens (tertiary/aromatic N) is 2. The van der Waals surface area contributed by atoms with E-state index in [4.69, 9.17) is 10.5 Å². The monoisotopic (exact) mass is 234 g/mol. The molecule has 0 saturated heterocycles. The van der Waals surface area contributed by atoms with E-state index in [0.29, 0.717) is 22.3 Å². The van der Waals surface area contributed by atoms with Gasteiger partial charge in [-0.25, -0.2) is 0 Å². The van der Waals surface area contributed by atoms with E-state index < -0.39 is 6.10 Å². The zero-order valence-corrected chi connectivity index (χ0v) is 9.54. The zero-order valence-electron chi connectivity index (χ0n) is 9.54. The summed E-state index contributed by atoms with van der Waals surface area (Å²) in [7, 11) is 0. The summed E-state index contributed by atoms with van der Waals surface area (Å²) in [4.78, 5) is 0. The fraction of sp³-hybridized carbons (Fsp3) is 0.0667. The predicted molar refractivity (Wildman–Crippen MR) is 66.4 cm³/mol. The molecule has 0 radical (unpaired) electrons. The van der Waals surface area contributed by atoms with E-state index in [0.717, 1.165) is 0 Å². The molecule has 0 spiro atoms. The van der Waals surface area contributed by atoms with E-state index >= 15 is 0 Å². The number of hydrogen-bond acceptors (Lipinski definition) is 3. The van der Waals surface area contributed by atoms with Crippen molar-refractivity contribution in [1.29, 1.82) is 10.5 Å². The van der Waals surface area contributed by atoms with Crippen LogP contribution in [-0.4, -0.2) is 5.11 Å². The molecule has 0 aliphatic heterocycles. The minimum atomic E-state index is -0.786. The van der Waals surface area contributed by atoms with Crippen molar-refractivity contribution in [3.63, 3.8) is 0 Å². The van der Waals surface area contributed by atoms with Crippen molar-refractivity contribution >= 4 is 0 Å². The summed E-state index contributed by atoms with van der Waals surface area (Å²) in [6, 6.07) is 17.7. The van der Waals surface area contributed by atoms with Crippen LogP contribution in [0.15, 0.2) is 48.5 Å². The van der Waals surface area contributed by atoms with Gasteiger partial charge in [-0.1, -0.05) is 24.3 Å². The Labute approximate surface area is 105 Å². The molecule has 0 bridgehead atoms. The molecule has 0 heterocycles. The normalized spacial score (nSPS) is 11.3. The van der Waals surface area contributed by atoms with Crippen molar-refractivity contribution in [1.82, 2.24) is 0 Å². The number of rotatable bonds is 2. The van der Waals surface area contributed by atoms with E-state index in [1.54, 1.807) is 48.5 Å². The minimum Gasteiger partial charge on any atom is -0.384 e. The molecule has 2 aromatic carbocycles. The molecule has 2 aromatic rings. The Morgan fingerprint density at radius 3 is 2.11 bits per heavy atom. The van der Waals surface area contributed by atoms with Gasteiger partial charge in [0.1, 0.15) is 6.10 Å². The maximum absolute atomic E-state index is 10.2. The summed E-state index contributed by atoms with van der Waals surface area (Å²) in [5, 5.41) is 27.7. The van der Waals surface area contributed by atoms with Crippen LogP contribution in [0.5, 0.6) is 0 Å². The molecule has 3 heteroatoms. The first-order valence-corrected chi connectivity index (χ1v) is 5.43. The molecule has 1 atom stereocenters. The first kappa shape index (κ1) is 11.9. The second-order valence-corrected chi connectivity index (χ2v) is 3.87. The summed E-state index contributed by atoms with van der Waals surface area (Å²) >= 11 is 0. The molecular formula is C15H10N2O. The molecule has 0 aliphatic carbocycles. The number of aliphatic hydroxyl groups is 1. The molecule has 2 rings (SSSR count). The SMILES string of the molecule is N#Cc1ccc([C@H](O)c2cccc(C#N)c2)cc1. The predicted octanol–water partition coefficient (Wildman–Crippen LogP) is 2.51. The average Bonchev–Trinajstić information content (AvgIpc) is 2.46. The molecular weight excluding hydrogens is 224 g/mol. The van der Waals surface area contributed by atoms with Crippen molar-refractivity contribution in [2.45, 2.75) is 6.10 Å². The average molecular weight is 234 g/mol. The van der Waals surface area contributed by atoms with Gasteiger partial charge in [0, 0.05) is 0 Å². The quantitative estimate of drug-likeness (QED) is 0.868. The van der Waals surface area contributed by atoms with Gasteiger partial charge in [0.05, 0.1) is 23.3 Å². The molecule has 1 N–H and O–H groups in total.